The molecule has 0 amide bonds. The van der Waals surface area contributed by atoms with Crippen molar-refractivity contribution in [2.24, 2.45) is 0 Å². The van der Waals surface area contributed by atoms with Crippen LogP contribution in [-0.4, -0.2) is 28.3 Å². The summed E-state index contributed by atoms with van der Waals surface area (Å²) in [6.07, 6.45) is 17.1. The summed E-state index contributed by atoms with van der Waals surface area (Å²) in [6, 6.07) is 100.0. The van der Waals surface area contributed by atoms with Crippen LogP contribution in [0.15, 0.2) is 291 Å². The van der Waals surface area contributed by atoms with Gasteiger partial charge in [0.05, 0.1) is 16.9 Å². The molecule has 0 radical (unpaired) electrons. The minimum Gasteiger partial charge on any atom is -0.0622 e. The first-order valence-electron chi connectivity index (χ1n) is 36.4. The first-order valence-corrected chi connectivity index (χ1v) is 43.5. The van der Waals surface area contributed by atoms with E-state index >= 15 is 0 Å². The largest absolute Gasteiger partial charge is 0.0622 e. The number of benzene rings is 10. The van der Waals surface area contributed by atoms with Gasteiger partial charge in [0.2, 0.25) is 0 Å². The molecule has 0 atom stereocenters. The molecule has 0 spiro atoms. The predicted molar refractivity (Wildman–Crippen MR) is 447 cm³/mol. The van der Waals surface area contributed by atoms with E-state index in [9.17, 15) is 0 Å². The van der Waals surface area contributed by atoms with Crippen molar-refractivity contribution in [3.05, 3.63) is 319 Å². The Balaban J connectivity index is 0.000000140. The van der Waals surface area contributed by atoms with Crippen molar-refractivity contribution in [1.29, 1.82) is 0 Å². The van der Waals surface area contributed by atoms with Crippen molar-refractivity contribution in [3.8, 4) is 11.3 Å². The zero-order valence-corrected chi connectivity index (χ0v) is 67.2. The van der Waals surface area contributed by atoms with Gasteiger partial charge in [0.15, 0.2) is 0 Å². The first kappa shape index (κ1) is 79.0. The molecule has 10 aromatic carbocycles. The van der Waals surface area contributed by atoms with Crippen LogP contribution in [0.25, 0.3) is 32.8 Å². The van der Waals surface area contributed by atoms with Gasteiger partial charge in [-0.2, -0.15) is 0 Å². The van der Waals surface area contributed by atoms with E-state index in [4.69, 9.17) is 45.0 Å². The summed E-state index contributed by atoms with van der Waals surface area (Å²) in [5, 5.41) is 14.4. The summed E-state index contributed by atoms with van der Waals surface area (Å²) in [6.45, 7) is 21.7. The molecule has 0 unspecified atom stereocenters. The van der Waals surface area contributed by atoms with Crippen molar-refractivity contribution in [2.75, 3.05) is 0 Å². The number of nitrogens with zero attached hydrogens (tertiary/aromatic N) is 2. The van der Waals surface area contributed by atoms with E-state index in [1.54, 1.807) is 6.20 Å². The third kappa shape index (κ3) is 22.0. The number of halogens is 3. The normalized spacial score (nSPS) is 15.1. The van der Waals surface area contributed by atoms with Crippen LogP contribution >= 0.6 is 46.5 Å². The van der Waals surface area contributed by atoms with Gasteiger partial charge in [-0.1, -0.05) is 334 Å². The molecule has 2 aliphatic carbocycles. The number of pyridine rings is 2. The third-order valence-corrected chi connectivity index (χ3v) is 25.1. The SMILES string of the molecule is CC(C)(C)c1ccnc(-c2cc(C3CCCCC3)c3ccccc3c2)c1.CC(C)(C)c1ccnc(Cl)c1.CC1(C)OB(c2cc(C3CCCCC3)c3ccccc3c2)OC1(C)C.[Cl][Pd][Cl].c1ccc(P(c2ccccc2)c2ccccc2)cc1.c1ccc(P(c2ccccc2)c2ccccc2)cc1. The maximum absolute atomic E-state index is 6.32. The quantitative estimate of drug-likeness (QED) is 0.0778. The van der Waals surface area contributed by atoms with Crippen LogP contribution in [0.1, 0.15) is 168 Å². The number of hydrogen-bond donors (Lipinski definition) is 0. The number of rotatable bonds is 10. The number of hydrogen-bond acceptors (Lipinski definition) is 4. The molecule has 11 heteroatoms. The van der Waals surface area contributed by atoms with Gasteiger partial charge in [-0.15, -0.1) is 0 Å². The minimum atomic E-state index is -0.446. The molecule has 3 heterocycles. The molecule has 3 fully saturated rings. The van der Waals surface area contributed by atoms with Crippen LogP contribution in [0.4, 0.5) is 0 Å². The van der Waals surface area contributed by atoms with Crippen molar-refractivity contribution < 1.29 is 25.2 Å². The molecule has 534 valence electrons. The molecule has 103 heavy (non-hydrogen) atoms. The van der Waals surface area contributed by atoms with Gasteiger partial charge in [0.25, 0.3) is 0 Å². The molecule has 15 rings (SSSR count). The summed E-state index contributed by atoms with van der Waals surface area (Å²) >= 11 is 5.63. The van der Waals surface area contributed by atoms with Gasteiger partial charge in [0.1, 0.15) is 5.15 Å². The maximum atomic E-state index is 6.32. The Kier molecular flexibility index (Phi) is 29.2. The fourth-order valence-corrected chi connectivity index (χ4v) is 18.5. The van der Waals surface area contributed by atoms with Gasteiger partial charge in [-0.3, -0.25) is 4.98 Å². The zero-order chi connectivity index (χ0) is 72.8. The van der Waals surface area contributed by atoms with Gasteiger partial charge >= 0.3 is 42.1 Å². The molecule has 12 aromatic rings. The molecule has 2 saturated carbocycles. The average molecular weight is 1550 g/mol. The van der Waals surface area contributed by atoms with E-state index in [-0.39, 0.29) is 45.1 Å². The van der Waals surface area contributed by atoms with Crippen molar-refractivity contribution >= 4 is 112 Å². The standard InChI is InChI=1S/C25H29N.C22H29BO2.2C18H15P.C9H12ClN.2ClH.Pd/c1-25(2,3)21-13-14-26-24(17-21)20-15-19-11-7-8-12-22(19)23(16-20)18-9-5-4-6-10-18;1-21(2)22(3,4)25-23(24-21)18-14-17-12-8-9-13-19(17)20(15-18)16-10-6-5-7-11-16;2*1-4-10-16(11-5-1)19(17-12-6-2-7-13-17)18-14-8-3-9-15-18;1-9(2,3)7-4-5-11-8(10)6-7;;;/h7-8,11-18H,4-6,9-10H2,1-3H3;8-9,12-16H,5-7,10-11H2,1-4H3;2*1-15H;4-6H,1-3H3;2*1H;/q;;;;;;;+2/p-2. The topological polar surface area (TPSA) is 44.2 Å². The Morgan fingerprint density at radius 3 is 1.06 bits per heavy atom. The second-order valence-electron chi connectivity index (χ2n) is 29.9. The second-order valence-corrected chi connectivity index (χ2v) is 37.1. The molecule has 1 aliphatic heterocycles. The fraction of sp³-hybridized carbons (Fsp3) is 0.283. The van der Waals surface area contributed by atoms with Crippen LogP contribution in [0, 0.1) is 0 Å². The van der Waals surface area contributed by atoms with Crippen LogP contribution in [0.2, 0.25) is 5.15 Å². The molecular weight excluding hydrogens is 1450 g/mol. The molecular formula is C92H100BCl3N2O2P2Pd. The Hall–Kier alpha value is -6.60. The summed E-state index contributed by atoms with van der Waals surface area (Å²) in [7, 11) is 8.46. The summed E-state index contributed by atoms with van der Waals surface area (Å²) in [5.74, 6) is 1.36. The van der Waals surface area contributed by atoms with Crippen molar-refractivity contribution in [2.45, 2.75) is 167 Å². The Labute approximate surface area is 640 Å². The van der Waals surface area contributed by atoms with Crippen LogP contribution < -0.4 is 37.3 Å². The van der Waals surface area contributed by atoms with Crippen molar-refractivity contribution in [3.63, 3.8) is 0 Å². The van der Waals surface area contributed by atoms with E-state index < -0.39 is 15.8 Å². The van der Waals surface area contributed by atoms with Crippen LogP contribution in [-0.2, 0) is 36.1 Å². The zero-order valence-electron chi connectivity index (χ0n) is 61.6. The Bertz CT molecular complexity index is 4210. The van der Waals surface area contributed by atoms with Crippen LogP contribution in [0.5, 0.6) is 0 Å². The van der Waals surface area contributed by atoms with E-state index in [1.165, 1.54) is 145 Å². The molecule has 0 N–H and O–H groups in total. The summed E-state index contributed by atoms with van der Waals surface area (Å²) < 4.78 is 12.6. The van der Waals surface area contributed by atoms with Gasteiger partial charge in [0, 0.05) is 18.0 Å². The molecule has 0 bridgehead atoms. The summed E-state index contributed by atoms with van der Waals surface area (Å²) in [4.78, 5) is 8.63. The average Bonchev–Trinajstić information content (AvgIpc) is 1.63. The smallest absolute Gasteiger partial charge is 0.0134 e. The molecule has 3 aliphatic rings. The Morgan fingerprint density at radius 2 is 0.709 bits per heavy atom. The van der Waals surface area contributed by atoms with E-state index in [0.29, 0.717) is 17.0 Å². The van der Waals surface area contributed by atoms with Gasteiger partial charge in [-0.05, 0) is 209 Å². The maximum Gasteiger partial charge on any atom is -0.0134 e. The summed E-state index contributed by atoms with van der Waals surface area (Å²) in [5.41, 5.74) is 8.81. The van der Waals surface area contributed by atoms with E-state index in [2.05, 4.69) is 341 Å². The number of fused-ring (bicyclic) bond motifs is 2. The molecule has 2 aromatic heterocycles. The van der Waals surface area contributed by atoms with Gasteiger partial charge < -0.3 is 9.31 Å². The number of aromatic nitrogens is 2. The molecule has 4 nitrogen and oxygen atoms in total. The second kappa shape index (κ2) is 38.1. The first-order chi connectivity index (χ1) is 49.7. The van der Waals surface area contributed by atoms with Crippen LogP contribution in [0.3, 0.4) is 0 Å². The molecule has 1 saturated heterocycles. The van der Waals surface area contributed by atoms with Crippen molar-refractivity contribution in [1.82, 2.24) is 9.97 Å². The third-order valence-electron chi connectivity index (χ3n) is 20.0. The Morgan fingerprint density at radius 1 is 0.388 bits per heavy atom. The van der Waals surface area contributed by atoms with Gasteiger partial charge in [-0.25, -0.2) is 4.98 Å². The van der Waals surface area contributed by atoms with E-state index in [0.717, 1.165) is 11.2 Å². The monoisotopic (exact) mass is 1550 g/mol. The van der Waals surface area contributed by atoms with E-state index in [1.807, 2.05) is 18.3 Å². The fourth-order valence-electron chi connectivity index (χ4n) is 13.8. The predicted octanol–water partition coefficient (Wildman–Crippen LogP) is 23.7. The minimum absolute atomic E-state index is 0.106.